The first-order chi connectivity index (χ1) is 13.5. The van der Waals surface area contributed by atoms with Gasteiger partial charge in [0.15, 0.2) is 8.32 Å². The largest absolute Gasteiger partial charge is 0.465 e. The van der Waals surface area contributed by atoms with Crippen molar-refractivity contribution in [3.05, 3.63) is 35.9 Å². The standard InChI is InChI=1S/C23H37NO4Si/c1-22(2,3)29(4,5)28-16-19-14-20(27-15-18-10-7-6-8-11-18)23(12-9-13-23)17-24(19)21(25)26/h6-8,10-11,19-20H,9,12-17H2,1-5H3,(H,25,26)/t19-,20?/m0/s1. The van der Waals surface area contributed by atoms with Gasteiger partial charge in [-0.2, -0.15) is 0 Å². The van der Waals surface area contributed by atoms with Gasteiger partial charge in [-0.3, -0.25) is 0 Å². The number of piperidine rings is 1. The van der Waals surface area contributed by atoms with Crippen LogP contribution in [0.5, 0.6) is 0 Å². The third-order valence-corrected chi connectivity index (χ3v) is 11.9. The Kier molecular flexibility index (Phi) is 6.46. The van der Waals surface area contributed by atoms with Crippen molar-refractivity contribution < 1.29 is 19.1 Å². The highest BCUT2D eigenvalue weighted by atomic mass is 28.4. The van der Waals surface area contributed by atoms with E-state index in [4.69, 9.17) is 9.16 Å². The fourth-order valence-electron chi connectivity index (χ4n) is 4.22. The molecule has 1 spiro atoms. The number of carbonyl (C=O) groups is 1. The molecule has 1 amide bonds. The molecule has 162 valence electrons. The van der Waals surface area contributed by atoms with Crippen molar-refractivity contribution >= 4 is 14.4 Å². The number of nitrogens with zero attached hydrogens (tertiary/aromatic N) is 1. The van der Waals surface area contributed by atoms with Crippen molar-refractivity contribution in [3.63, 3.8) is 0 Å². The summed E-state index contributed by atoms with van der Waals surface area (Å²) in [6.07, 6.45) is 3.22. The van der Waals surface area contributed by atoms with E-state index in [1.807, 2.05) is 18.2 Å². The zero-order chi connectivity index (χ0) is 21.3. The molecule has 6 heteroatoms. The fourth-order valence-corrected chi connectivity index (χ4v) is 5.27. The van der Waals surface area contributed by atoms with E-state index in [1.165, 1.54) is 0 Å². The molecule has 0 aromatic heterocycles. The lowest BCUT2D eigenvalue weighted by atomic mass is 9.61. The van der Waals surface area contributed by atoms with Crippen LogP contribution in [-0.4, -0.2) is 49.7 Å². The van der Waals surface area contributed by atoms with Gasteiger partial charge in [0.25, 0.3) is 0 Å². The molecule has 1 saturated carbocycles. The van der Waals surface area contributed by atoms with E-state index in [9.17, 15) is 9.90 Å². The molecule has 1 aromatic carbocycles. The predicted octanol–water partition coefficient (Wildman–Crippen LogP) is 5.52. The molecule has 0 radical (unpaired) electrons. The fraction of sp³-hybridized carbons (Fsp3) is 0.696. The number of hydrogen-bond donors (Lipinski definition) is 1. The van der Waals surface area contributed by atoms with E-state index in [1.54, 1.807) is 4.90 Å². The summed E-state index contributed by atoms with van der Waals surface area (Å²) in [6.45, 7) is 12.7. The Morgan fingerprint density at radius 2 is 1.90 bits per heavy atom. The zero-order valence-corrected chi connectivity index (χ0v) is 19.6. The van der Waals surface area contributed by atoms with Gasteiger partial charge in [-0.25, -0.2) is 4.79 Å². The maximum absolute atomic E-state index is 12.0. The van der Waals surface area contributed by atoms with Crippen LogP contribution in [0.2, 0.25) is 18.1 Å². The van der Waals surface area contributed by atoms with Crippen molar-refractivity contribution in [2.45, 2.75) is 83.3 Å². The van der Waals surface area contributed by atoms with Gasteiger partial charge in [0, 0.05) is 12.0 Å². The van der Waals surface area contributed by atoms with Crippen molar-refractivity contribution in [3.8, 4) is 0 Å². The minimum Gasteiger partial charge on any atom is -0.465 e. The summed E-state index contributed by atoms with van der Waals surface area (Å²) < 4.78 is 12.8. The normalized spacial score (nSPS) is 24.4. The monoisotopic (exact) mass is 419 g/mol. The molecule has 1 aliphatic carbocycles. The van der Waals surface area contributed by atoms with Crippen LogP contribution in [0.3, 0.4) is 0 Å². The summed E-state index contributed by atoms with van der Waals surface area (Å²) in [5.41, 5.74) is 1.14. The van der Waals surface area contributed by atoms with Crippen LogP contribution in [0.1, 0.15) is 52.0 Å². The lowest BCUT2D eigenvalue weighted by Gasteiger charge is -2.55. The topological polar surface area (TPSA) is 59.0 Å². The molecule has 0 bridgehead atoms. The van der Waals surface area contributed by atoms with Gasteiger partial charge < -0.3 is 19.2 Å². The summed E-state index contributed by atoms with van der Waals surface area (Å²) in [4.78, 5) is 13.7. The Bertz CT molecular complexity index is 697. The number of ether oxygens (including phenoxy) is 1. The van der Waals surface area contributed by atoms with Crippen LogP contribution >= 0.6 is 0 Å². The van der Waals surface area contributed by atoms with Crippen LogP contribution in [-0.2, 0) is 15.8 Å². The van der Waals surface area contributed by atoms with Gasteiger partial charge in [0.05, 0.1) is 25.4 Å². The third-order valence-electron chi connectivity index (χ3n) is 7.43. The van der Waals surface area contributed by atoms with Crippen LogP contribution in [0, 0.1) is 5.41 Å². The number of rotatable bonds is 6. The molecular weight excluding hydrogens is 382 g/mol. The Hall–Kier alpha value is -1.37. The van der Waals surface area contributed by atoms with Crippen LogP contribution < -0.4 is 0 Å². The summed E-state index contributed by atoms with van der Waals surface area (Å²) in [7, 11) is -1.94. The maximum Gasteiger partial charge on any atom is 0.407 e. The van der Waals surface area contributed by atoms with Crippen LogP contribution in [0.25, 0.3) is 0 Å². The van der Waals surface area contributed by atoms with Gasteiger partial charge in [-0.15, -0.1) is 0 Å². The lowest BCUT2D eigenvalue weighted by molar-refractivity contribution is -0.144. The average Bonchev–Trinajstić information content (AvgIpc) is 2.62. The lowest BCUT2D eigenvalue weighted by Crippen LogP contribution is -2.62. The van der Waals surface area contributed by atoms with Gasteiger partial charge in [-0.1, -0.05) is 57.5 Å². The molecule has 1 aliphatic heterocycles. The van der Waals surface area contributed by atoms with E-state index >= 15 is 0 Å². The number of amides is 1. The van der Waals surface area contributed by atoms with Gasteiger partial charge in [-0.05, 0) is 43.0 Å². The van der Waals surface area contributed by atoms with Crippen LogP contribution in [0.4, 0.5) is 4.79 Å². The molecule has 1 N–H and O–H groups in total. The Morgan fingerprint density at radius 1 is 1.24 bits per heavy atom. The SMILES string of the molecule is CC(C)(C)[Si](C)(C)OC[C@@H]1CC(OCc2ccccc2)C2(CCC2)CN1C(=O)O. The Labute approximate surface area is 176 Å². The number of benzene rings is 1. The van der Waals surface area contributed by atoms with E-state index in [-0.39, 0.29) is 22.6 Å². The third kappa shape index (κ3) is 4.86. The number of carboxylic acid groups (broad SMARTS) is 1. The quantitative estimate of drug-likeness (QED) is 0.617. The van der Waals surface area contributed by atoms with E-state index in [0.29, 0.717) is 26.2 Å². The van der Waals surface area contributed by atoms with E-state index in [2.05, 4.69) is 46.0 Å². The molecule has 1 saturated heterocycles. The second-order valence-electron chi connectivity index (χ2n) is 10.4. The minimum absolute atomic E-state index is 0.0271. The first-order valence-electron chi connectivity index (χ1n) is 10.8. The average molecular weight is 420 g/mol. The Balaban J connectivity index is 1.72. The van der Waals surface area contributed by atoms with Crippen molar-refractivity contribution in [2.24, 2.45) is 5.41 Å². The molecule has 2 atom stereocenters. The first kappa shape index (κ1) is 22.3. The smallest absolute Gasteiger partial charge is 0.407 e. The number of hydrogen-bond acceptors (Lipinski definition) is 3. The number of likely N-dealkylation sites (tertiary alicyclic amines) is 1. The van der Waals surface area contributed by atoms with Gasteiger partial charge in [0.2, 0.25) is 0 Å². The van der Waals surface area contributed by atoms with Gasteiger partial charge >= 0.3 is 6.09 Å². The molecule has 2 aliphatic rings. The second-order valence-corrected chi connectivity index (χ2v) is 15.2. The van der Waals surface area contributed by atoms with Crippen molar-refractivity contribution in [1.82, 2.24) is 4.90 Å². The molecular formula is C23H37NO4Si. The summed E-state index contributed by atoms with van der Waals surface area (Å²) in [5, 5.41) is 9.99. The maximum atomic E-state index is 12.0. The minimum atomic E-state index is -1.94. The van der Waals surface area contributed by atoms with E-state index < -0.39 is 14.4 Å². The molecule has 1 aromatic rings. The Morgan fingerprint density at radius 3 is 2.41 bits per heavy atom. The molecule has 1 heterocycles. The van der Waals surface area contributed by atoms with Gasteiger partial charge in [0.1, 0.15) is 0 Å². The van der Waals surface area contributed by atoms with Crippen LogP contribution in [0.15, 0.2) is 30.3 Å². The first-order valence-corrected chi connectivity index (χ1v) is 13.7. The molecule has 3 rings (SSSR count). The molecule has 1 unspecified atom stereocenters. The van der Waals surface area contributed by atoms with E-state index in [0.717, 1.165) is 24.8 Å². The summed E-state index contributed by atoms with van der Waals surface area (Å²) in [5.74, 6) is 0. The molecule has 29 heavy (non-hydrogen) atoms. The van der Waals surface area contributed by atoms with Crippen molar-refractivity contribution in [2.75, 3.05) is 13.2 Å². The highest BCUT2D eigenvalue weighted by Gasteiger charge is 2.52. The van der Waals surface area contributed by atoms with Crippen molar-refractivity contribution in [1.29, 1.82) is 0 Å². The molecule has 5 nitrogen and oxygen atoms in total. The highest BCUT2D eigenvalue weighted by molar-refractivity contribution is 6.74. The molecule has 2 fully saturated rings. The highest BCUT2D eigenvalue weighted by Crippen LogP contribution is 2.50. The predicted molar refractivity (Wildman–Crippen MR) is 118 cm³/mol. The summed E-state index contributed by atoms with van der Waals surface area (Å²) >= 11 is 0. The zero-order valence-electron chi connectivity index (χ0n) is 18.6. The second kappa shape index (κ2) is 8.40. The summed E-state index contributed by atoms with van der Waals surface area (Å²) in [6, 6.07) is 10.1.